The molecule has 0 bridgehead atoms. The van der Waals surface area contributed by atoms with Crippen molar-refractivity contribution in [1.29, 1.82) is 0 Å². The summed E-state index contributed by atoms with van der Waals surface area (Å²) in [6.07, 6.45) is 1.30. The summed E-state index contributed by atoms with van der Waals surface area (Å²) in [7, 11) is 0. The average molecular weight is 327 g/mol. The molecule has 1 unspecified atom stereocenters. The number of aryl methyl sites for hydroxylation is 1. The van der Waals surface area contributed by atoms with Crippen molar-refractivity contribution in [3.63, 3.8) is 0 Å². The van der Waals surface area contributed by atoms with Crippen LogP contribution in [0.25, 0.3) is 0 Å². The molecule has 1 heterocycles. The van der Waals surface area contributed by atoms with Crippen molar-refractivity contribution in [2.75, 3.05) is 13.1 Å². The minimum absolute atomic E-state index is 0.0280. The van der Waals surface area contributed by atoms with Gasteiger partial charge in [-0.3, -0.25) is 9.69 Å². The Morgan fingerprint density at radius 1 is 1.12 bits per heavy atom. The van der Waals surface area contributed by atoms with E-state index in [0.717, 1.165) is 24.2 Å². The summed E-state index contributed by atoms with van der Waals surface area (Å²) in [4.78, 5) is 13.5. The predicted molar refractivity (Wildman–Crippen MR) is 91.4 cm³/mol. The molecule has 2 aromatic carbocycles. The zero-order valence-corrected chi connectivity index (χ0v) is 13.8. The SMILES string of the molecule is Cc1cccc(C(c2ccc(F)cc2)N2CCC(C(=O)O)CC2)c1. The fourth-order valence-corrected chi connectivity index (χ4v) is 3.50. The third kappa shape index (κ3) is 3.65. The van der Waals surface area contributed by atoms with E-state index in [4.69, 9.17) is 0 Å². The number of piperidine rings is 1. The second-order valence-corrected chi connectivity index (χ2v) is 6.52. The lowest BCUT2D eigenvalue weighted by molar-refractivity contribution is -0.143. The zero-order valence-electron chi connectivity index (χ0n) is 13.8. The number of rotatable bonds is 4. The van der Waals surface area contributed by atoms with Gasteiger partial charge in [0, 0.05) is 0 Å². The van der Waals surface area contributed by atoms with Crippen LogP contribution in [-0.4, -0.2) is 29.1 Å². The Kier molecular flexibility index (Phi) is 4.95. The number of carboxylic acid groups (broad SMARTS) is 1. The Morgan fingerprint density at radius 3 is 2.38 bits per heavy atom. The number of carboxylic acids is 1. The highest BCUT2D eigenvalue weighted by molar-refractivity contribution is 5.70. The quantitative estimate of drug-likeness (QED) is 0.922. The number of halogens is 1. The second kappa shape index (κ2) is 7.14. The van der Waals surface area contributed by atoms with Crippen LogP contribution < -0.4 is 0 Å². The smallest absolute Gasteiger partial charge is 0.306 e. The Morgan fingerprint density at radius 2 is 1.79 bits per heavy atom. The molecular weight excluding hydrogens is 305 g/mol. The molecule has 4 heteroatoms. The minimum Gasteiger partial charge on any atom is -0.481 e. The van der Waals surface area contributed by atoms with Crippen LogP contribution in [0.15, 0.2) is 48.5 Å². The first-order valence-electron chi connectivity index (χ1n) is 8.33. The van der Waals surface area contributed by atoms with Crippen molar-refractivity contribution in [2.24, 2.45) is 5.92 Å². The maximum absolute atomic E-state index is 13.3. The van der Waals surface area contributed by atoms with Gasteiger partial charge in [0.25, 0.3) is 0 Å². The minimum atomic E-state index is -0.705. The summed E-state index contributed by atoms with van der Waals surface area (Å²) in [5, 5.41) is 9.20. The topological polar surface area (TPSA) is 40.5 Å². The van der Waals surface area contributed by atoms with Gasteiger partial charge in [-0.2, -0.15) is 0 Å². The van der Waals surface area contributed by atoms with Crippen LogP contribution in [-0.2, 0) is 4.79 Å². The van der Waals surface area contributed by atoms with E-state index in [1.165, 1.54) is 17.7 Å². The summed E-state index contributed by atoms with van der Waals surface area (Å²) in [5.41, 5.74) is 3.38. The van der Waals surface area contributed by atoms with Crippen molar-refractivity contribution < 1.29 is 14.3 Å². The lowest BCUT2D eigenvalue weighted by atomic mass is 9.91. The van der Waals surface area contributed by atoms with Crippen LogP contribution >= 0.6 is 0 Å². The van der Waals surface area contributed by atoms with Gasteiger partial charge in [-0.05, 0) is 56.1 Å². The van der Waals surface area contributed by atoms with Gasteiger partial charge in [-0.25, -0.2) is 4.39 Å². The molecule has 24 heavy (non-hydrogen) atoms. The van der Waals surface area contributed by atoms with Gasteiger partial charge in [0.15, 0.2) is 0 Å². The lowest BCUT2D eigenvalue weighted by Crippen LogP contribution is -2.39. The molecule has 1 saturated heterocycles. The number of hydrogen-bond acceptors (Lipinski definition) is 2. The monoisotopic (exact) mass is 327 g/mol. The number of aliphatic carboxylic acids is 1. The normalized spacial score (nSPS) is 17.6. The molecule has 1 N–H and O–H groups in total. The van der Waals surface area contributed by atoms with Gasteiger partial charge in [0.05, 0.1) is 12.0 Å². The summed E-state index contributed by atoms with van der Waals surface area (Å²) < 4.78 is 13.3. The van der Waals surface area contributed by atoms with Gasteiger partial charge < -0.3 is 5.11 Å². The standard InChI is InChI=1S/C20H22FNO2/c1-14-3-2-4-17(13-14)19(15-5-7-18(21)8-6-15)22-11-9-16(10-12-22)20(23)24/h2-8,13,16,19H,9-12H2,1H3,(H,23,24). The molecule has 0 saturated carbocycles. The van der Waals surface area contributed by atoms with Gasteiger partial charge >= 0.3 is 5.97 Å². The highest BCUT2D eigenvalue weighted by Gasteiger charge is 2.30. The van der Waals surface area contributed by atoms with E-state index in [2.05, 4.69) is 30.0 Å². The van der Waals surface area contributed by atoms with Crippen LogP contribution in [0, 0.1) is 18.7 Å². The summed E-state index contributed by atoms with van der Waals surface area (Å²) in [6.45, 7) is 3.52. The van der Waals surface area contributed by atoms with Gasteiger partial charge in [0.2, 0.25) is 0 Å². The maximum atomic E-state index is 13.3. The summed E-state index contributed by atoms with van der Waals surface area (Å²) in [5.74, 6) is -1.21. The van der Waals surface area contributed by atoms with E-state index in [-0.39, 0.29) is 17.8 Å². The van der Waals surface area contributed by atoms with E-state index in [0.29, 0.717) is 12.8 Å². The summed E-state index contributed by atoms with van der Waals surface area (Å²) >= 11 is 0. The van der Waals surface area contributed by atoms with Crippen LogP contribution in [0.4, 0.5) is 4.39 Å². The Hall–Kier alpha value is -2.20. The number of carbonyl (C=O) groups is 1. The molecule has 0 radical (unpaired) electrons. The number of nitrogens with zero attached hydrogens (tertiary/aromatic N) is 1. The zero-order chi connectivity index (χ0) is 17.1. The molecule has 3 nitrogen and oxygen atoms in total. The molecule has 1 atom stereocenters. The van der Waals surface area contributed by atoms with Crippen molar-refractivity contribution >= 4 is 5.97 Å². The lowest BCUT2D eigenvalue weighted by Gasteiger charge is -2.37. The van der Waals surface area contributed by atoms with Gasteiger partial charge in [0.1, 0.15) is 5.82 Å². The van der Waals surface area contributed by atoms with Crippen molar-refractivity contribution in [3.8, 4) is 0 Å². The molecule has 0 amide bonds. The van der Waals surface area contributed by atoms with E-state index in [1.807, 2.05) is 18.2 Å². The molecule has 0 aromatic heterocycles. The summed E-state index contributed by atoms with van der Waals surface area (Å²) in [6, 6.07) is 15.0. The largest absolute Gasteiger partial charge is 0.481 e. The third-order valence-corrected chi connectivity index (χ3v) is 4.79. The van der Waals surface area contributed by atoms with Crippen molar-refractivity contribution in [3.05, 3.63) is 71.0 Å². The van der Waals surface area contributed by atoms with E-state index in [9.17, 15) is 14.3 Å². The molecular formula is C20H22FNO2. The average Bonchev–Trinajstić information content (AvgIpc) is 2.57. The maximum Gasteiger partial charge on any atom is 0.306 e. The molecule has 0 spiro atoms. The number of benzene rings is 2. The first kappa shape index (κ1) is 16.7. The Bertz CT molecular complexity index is 706. The molecule has 2 aromatic rings. The first-order valence-corrected chi connectivity index (χ1v) is 8.33. The number of likely N-dealkylation sites (tertiary alicyclic amines) is 1. The highest BCUT2D eigenvalue weighted by atomic mass is 19.1. The third-order valence-electron chi connectivity index (χ3n) is 4.79. The molecule has 1 fully saturated rings. The van der Waals surface area contributed by atoms with E-state index in [1.54, 1.807) is 0 Å². The van der Waals surface area contributed by atoms with Crippen LogP contribution in [0.5, 0.6) is 0 Å². The molecule has 1 aliphatic rings. The predicted octanol–water partition coefficient (Wildman–Crippen LogP) is 4.02. The molecule has 1 aliphatic heterocycles. The van der Waals surface area contributed by atoms with E-state index < -0.39 is 5.97 Å². The van der Waals surface area contributed by atoms with Gasteiger partial charge in [-0.15, -0.1) is 0 Å². The van der Waals surface area contributed by atoms with Crippen LogP contribution in [0.2, 0.25) is 0 Å². The van der Waals surface area contributed by atoms with Gasteiger partial charge in [-0.1, -0.05) is 42.0 Å². The van der Waals surface area contributed by atoms with Crippen molar-refractivity contribution in [2.45, 2.75) is 25.8 Å². The van der Waals surface area contributed by atoms with E-state index >= 15 is 0 Å². The highest BCUT2D eigenvalue weighted by Crippen LogP contribution is 2.33. The first-order chi connectivity index (χ1) is 11.5. The molecule has 126 valence electrons. The van der Waals surface area contributed by atoms with Crippen LogP contribution in [0.3, 0.4) is 0 Å². The van der Waals surface area contributed by atoms with Crippen molar-refractivity contribution in [1.82, 2.24) is 4.90 Å². The van der Waals surface area contributed by atoms with Crippen LogP contribution in [0.1, 0.15) is 35.6 Å². The second-order valence-electron chi connectivity index (χ2n) is 6.52. The fourth-order valence-electron chi connectivity index (χ4n) is 3.50. The Balaban J connectivity index is 1.91. The fraction of sp³-hybridized carbons (Fsp3) is 0.350. The molecule has 0 aliphatic carbocycles. The molecule has 3 rings (SSSR count). The number of hydrogen-bond donors (Lipinski definition) is 1. The Labute approximate surface area is 141 Å².